The largest absolute Gasteiger partial charge is 0.298 e. The van der Waals surface area contributed by atoms with Crippen molar-refractivity contribution in [2.45, 2.75) is 13.3 Å². The molecule has 4 heteroatoms. The summed E-state index contributed by atoms with van der Waals surface area (Å²) in [4.78, 5) is 14.3. The Morgan fingerprint density at radius 2 is 2.17 bits per heavy atom. The first kappa shape index (κ1) is 9.49. The molecule has 1 aromatic heterocycles. The van der Waals surface area contributed by atoms with Crippen molar-refractivity contribution in [1.82, 2.24) is 4.98 Å². The number of aldehydes is 1. The lowest BCUT2D eigenvalue weighted by molar-refractivity contribution is 0.112. The van der Waals surface area contributed by atoms with E-state index in [1.165, 1.54) is 0 Å². The smallest absolute Gasteiger partial charge is 0.153 e. The quantitative estimate of drug-likeness (QED) is 0.547. The normalized spacial score (nSPS) is 9.92. The van der Waals surface area contributed by atoms with Crippen molar-refractivity contribution in [3.05, 3.63) is 27.5 Å². The molecule has 0 aromatic carbocycles. The minimum absolute atomic E-state index is 0.159. The monoisotopic (exact) mass is 203 g/mol. The molecule has 0 bridgehead atoms. The summed E-state index contributed by atoms with van der Waals surface area (Å²) in [6.07, 6.45) is 1.41. The van der Waals surface area contributed by atoms with Gasteiger partial charge in [-0.2, -0.15) is 0 Å². The highest BCUT2D eigenvalue weighted by molar-refractivity contribution is 6.34. The van der Waals surface area contributed by atoms with Crippen molar-refractivity contribution >= 4 is 29.5 Å². The third-order valence-corrected chi connectivity index (χ3v) is 2.17. The fourth-order valence-electron chi connectivity index (χ4n) is 0.860. The number of halogens is 2. The number of aryl methyl sites for hydroxylation is 1. The zero-order valence-corrected chi connectivity index (χ0v) is 7.99. The molecule has 0 aliphatic heterocycles. The van der Waals surface area contributed by atoms with Crippen LogP contribution in [-0.4, -0.2) is 11.3 Å². The number of aromatic nitrogens is 1. The average Bonchev–Trinajstić information content (AvgIpc) is 2.05. The Labute approximate surface area is 80.5 Å². The van der Waals surface area contributed by atoms with Gasteiger partial charge in [-0.3, -0.25) is 4.79 Å². The van der Waals surface area contributed by atoms with Crippen LogP contribution in [0.25, 0.3) is 0 Å². The fraction of sp³-hybridized carbons (Fsp3) is 0.250. The first-order valence-electron chi connectivity index (χ1n) is 3.49. The van der Waals surface area contributed by atoms with Crippen LogP contribution in [0.2, 0.25) is 10.3 Å². The summed E-state index contributed by atoms with van der Waals surface area (Å²) in [5.74, 6) is 0. The Kier molecular flexibility index (Phi) is 3.06. The predicted molar refractivity (Wildman–Crippen MR) is 49.0 cm³/mol. The molecule has 0 atom stereocenters. The van der Waals surface area contributed by atoms with Crippen molar-refractivity contribution in [2.75, 3.05) is 0 Å². The van der Waals surface area contributed by atoms with E-state index < -0.39 is 0 Å². The second-order valence-electron chi connectivity index (χ2n) is 2.29. The maximum Gasteiger partial charge on any atom is 0.153 e. The van der Waals surface area contributed by atoms with Crippen LogP contribution >= 0.6 is 23.2 Å². The van der Waals surface area contributed by atoms with E-state index in [2.05, 4.69) is 4.98 Å². The van der Waals surface area contributed by atoms with E-state index in [4.69, 9.17) is 23.2 Å². The Hall–Kier alpha value is -0.600. The van der Waals surface area contributed by atoms with Crippen molar-refractivity contribution in [1.29, 1.82) is 0 Å². The molecule has 0 aliphatic rings. The summed E-state index contributed by atoms with van der Waals surface area (Å²) >= 11 is 11.4. The second kappa shape index (κ2) is 3.87. The number of nitrogens with zero attached hydrogens (tertiary/aromatic N) is 1. The number of carbonyl (C=O) groups is 1. The first-order valence-corrected chi connectivity index (χ1v) is 4.24. The van der Waals surface area contributed by atoms with Gasteiger partial charge in [0.1, 0.15) is 10.3 Å². The maximum atomic E-state index is 10.4. The first-order chi connectivity index (χ1) is 5.69. The summed E-state index contributed by atoms with van der Waals surface area (Å²) in [5, 5.41) is 0.528. The molecule has 1 aromatic rings. The molecule has 0 saturated heterocycles. The summed E-state index contributed by atoms with van der Waals surface area (Å²) in [7, 11) is 0. The molecule has 1 rings (SSSR count). The van der Waals surface area contributed by atoms with E-state index in [-0.39, 0.29) is 5.15 Å². The molecular weight excluding hydrogens is 197 g/mol. The maximum absolute atomic E-state index is 10.4. The lowest BCUT2D eigenvalue weighted by Crippen LogP contribution is -1.92. The Bertz CT molecular complexity index is 312. The zero-order valence-electron chi connectivity index (χ0n) is 6.47. The van der Waals surface area contributed by atoms with Crippen LogP contribution in [0.4, 0.5) is 0 Å². The third-order valence-electron chi connectivity index (χ3n) is 1.54. The van der Waals surface area contributed by atoms with Crippen molar-refractivity contribution in [3.8, 4) is 0 Å². The Morgan fingerprint density at radius 3 is 2.67 bits per heavy atom. The molecule has 0 saturated carbocycles. The van der Waals surface area contributed by atoms with Crippen LogP contribution < -0.4 is 0 Å². The van der Waals surface area contributed by atoms with Crippen molar-refractivity contribution in [2.24, 2.45) is 0 Å². The van der Waals surface area contributed by atoms with Gasteiger partial charge >= 0.3 is 0 Å². The highest BCUT2D eigenvalue weighted by atomic mass is 35.5. The van der Waals surface area contributed by atoms with Gasteiger partial charge in [-0.1, -0.05) is 30.1 Å². The molecule has 0 N–H and O–H groups in total. The van der Waals surface area contributed by atoms with E-state index in [0.717, 1.165) is 12.0 Å². The van der Waals surface area contributed by atoms with Gasteiger partial charge in [0.05, 0.1) is 5.56 Å². The molecular formula is C8H7Cl2NO. The van der Waals surface area contributed by atoms with Gasteiger partial charge < -0.3 is 0 Å². The number of rotatable bonds is 2. The molecule has 64 valence electrons. The highest BCUT2D eigenvalue weighted by Crippen LogP contribution is 2.20. The lowest BCUT2D eigenvalue weighted by atomic mass is 10.2. The van der Waals surface area contributed by atoms with Crippen molar-refractivity contribution in [3.63, 3.8) is 0 Å². The van der Waals surface area contributed by atoms with Gasteiger partial charge in [-0.15, -0.1) is 0 Å². The van der Waals surface area contributed by atoms with Crippen molar-refractivity contribution < 1.29 is 4.79 Å². The molecule has 0 aliphatic carbocycles. The van der Waals surface area contributed by atoms with E-state index in [1.54, 1.807) is 6.07 Å². The summed E-state index contributed by atoms with van der Waals surface area (Å²) < 4.78 is 0. The molecule has 1 heterocycles. The predicted octanol–water partition coefficient (Wildman–Crippen LogP) is 2.76. The second-order valence-corrected chi connectivity index (χ2v) is 3.01. The topological polar surface area (TPSA) is 30.0 Å². The van der Waals surface area contributed by atoms with E-state index >= 15 is 0 Å². The van der Waals surface area contributed by atoms with Gasteiger partial charge in [0, 0.05) is 0 Å². The lowest BCUT2D eigenvalue weighted by Gasteiger charge is -2.01. The minimum atomic E-state index is 0.159. The third kappa shape index (κ3) is 1.76. The van der Waals surface area contributed by atoms with Crippen LogP contribution in [0.5, 0.6) is 0 Å². The van der Waals surface area contributed by atoms with E-state index in [1.807, 2.05) is 6.92 Å². The standard InChI is InChI=1S/C8H7Cl2NO/c1-2-5-3-6(4-12)8(10)11-7(5)9/h3-4H,2H2,1H3. The molecule has 0 amide bonds. The van der Waals surface area contributed by atoms with E-state index in [0.29, 0.717) is 17.0 Å². The van der Waals surface area contributed by atoms with Gasteiger partial charge in [0.2, 0.25) is 0 Å². The number of hydrogen-bond acceptors (Lipinski definition) is 2. The summed E-state index contributed by atoms with van der Waals surface area (Å²) in [5.41, 5.74) is 1.22. The molecule has 0 spiro atoms. The van der Waals surface area contributed by atoms with Crippen LogP contribution in [0, 0.1) is 0 Å². The summed E-state index contributed by atoms with van der Waals surface area (Å²) in [6.45, 7) is 1.94. The van der Waals surface area contributed by atoms with Crippen LogP contribution in [0.1, 0.15) is 22.8 Å². The van der Waals surface area contributed by atoms with Gasteiger partial charge in [-0.05, 0) is 18.1 Å². The SMILES string of the molecule is CCc1cc(C=O)c(Cl)nc1Cl. The fourth-order valence-corrected chi connectivity index (χ4v) is 1.36. The molecule has 0 radical (unpaired) electrons. The van der Waals surface area contributed by atoms with Crippen LogP contribution in [0.15, 0.2) is 6.07 Å². The van der Waals surface area contributed by atoms with Gasteiger partial charge in [0.25, 0.3) is 0 Å². The Morgan fingerprint density at radius 1 is 1.50 bits per heavy atom. The Balaban J connectivity index is 3.26. The molecule has 12 heavy (non-hydrogen) atoms. The number of hydrogen-bond donors (Lipinski definition) is 0. The zero-order chi connectivity index (χ0) is 9.14. The van der Waals surface area contributed by atoms with Crippen LogP contribution in [-0.2, 0) is 6.42 Å². The minimum Gasteiger partial charge on any atom is -0.298 e. The number of pyridine rings is 1. The molecule has 2 nitrogen and oxygen atoms in total. The van der Waals surface area contributed by atoms with E-state index in [9.17, 15) is 4.79 Å². The van der Waals surface area contributed by atoms with Gasteiger partial charge in [0.15, 0.2) is 6.29 Å². The van der Waals surface area contributed by atoms with Gasteiger partial charge in [-0.25, -0.2) is 4.98 Å². The number of carbonyl (C=O) groups excluding carboxylic acids is 1. The molecule has 0 unspecified atom stereocenters. The summed E-state index contributed by atoms with van der Waals surface area (Å²) in [6, 6.07) is 1.66. The van der Waals surface area contributed by atoms with Crippen LogP contribution in [0.3, 0.4) is 0 Å². The molecule has 0 fully saturated rings. The average molecular weight is 204 g/mol. The highest BCUT2D eigenvalue weighted by Gasteiger charge is 2.06.